The first-order valence-corrected chi connectivity index (χ1v) is 5.68. The minimum Gasteiger partial charge on any atom is -0.456 e. The van der Waals surface area contributed by atoms with E-state index in [1.54, 1.807) is 0 Å². The molecule has 0 aliphatic heterocycles. The molecule has 0 bridgehead atoms. The van der Waals surface area contributed by atoms with E-state index in [-0.39, 0.29) is 6.10 Å². The van der Waals surface area contributed by atoms with E-state index in [9.17, 15) is 9.90 Å². The highest BCUT2D eigenvalue weighted by Crippen LogP contribution is 2.29. The second-order valence-corrected chi connectivity index (χ2v) is 4.21. The molecular weight excluding hydrogens is 192 g/mol. The van der Waals surface area contributed by atoms with E-state index in [2.05, 4.69) is 13.5 Å². The first-order chi connectivity index (χ1) is 7.17. The zero-order valence-electron chi connectivity index (χ0n) is 9.32. The lowest BCUT2D eigenvalue weighted by atomic mass is 9.83. The molecule has 3 unspecified atom stereocenters. The Balaban J connectivity index is 2.38. The van der Waals surface area contributed by atoms with Crippen LogP contribution >= 0.6 is 0 Å². The summed E-state index contributed by atoms with van der Waals surface area (Å²) in [4.78, 5) is 11.0. The molecular formula is C12H20O3. The van der Waals surface area contributed by atoms with Crippen LogP contribution in [0.5, 0.6) is 0 Å². The van der Waals surface area contributed by atoms with Gasteiger partial charge in [-0.2, -0.15) is 0 Å². The summed E-state index contributed by atoms with van der Waals surface area (Å²) in [7, 11) is 0. The summed E-state index contributed by atoms with van der Waals surface area (Å²) in [6, 6.07) is 0. The molecule has 1 fully saturated rings. The maximum absolute atomic E-state index is 11.0. The molecule has 0 aromatic heterocycles. The minimum absolute atomic E-state index is 0.330. The van der Waals surface area contributed by atoms with E-state index in [1.807, 2.05) is 0 Å². The van der Waals surface area contributed by atoms with Gasteiger partial charge in [-0.25, -0.2) is 4.79 Å². The lowest BCUT2D eigenvalue weighted by molar-refractivity contribution is -0.152. The lowest BCUT2D eigenvalue weighted by Crippen LogP contribution is -2.37. The Hall–Kier alpha value is -0.830. The average molecular weight is 212 g/mol. The minimum atomic E-state index is -0.501. The standard InChI is InChI=1S/C12H20O3/c1-3-5-9-6-7-11(10(13)8-9)15-12(14)4-2/h4,9-11,13H,2-3,5-8H2,1H3. The molecule has 1 rings (SSSR count). The maximum Gasteiger partial charge on any atom is 0.330 e. The predicted molar refractivity (Wildman–Crippen MR) is 58.3 cm³/mol. The SMILES string of the molecule is C=CC(=O)OC1CCC(CCC)CC1O. The van der Waals surface area contributed by atoms with Crippen LogP contribution in [0.1, 0.15) is 39.0 Å². The van der Waals surface area contributed by atoms with Gasteiger partial charge in [-0.05, 0) is 25.2 Å². The van der Waals surface area contributed by atoms with Crippen molar-refractivity contribution in [3.8, 4) is 0 Å². The average Bonchev–Trinajstić information content (AvgIpc) is 2.22. The fourth-order valence-corrected chi connectivity index (χ4v) is 2.21. The van der Waals surface area contributed by atoms with Gasteiger partial charge in [0.15, 0.2) is 0 Å². The maximum atomic E-state index is 11.0. The molecule has 0 amide bonds. The number of carbonyl (C=O) groups excluding carboxylic acids is 1. The summed E-state index contributed by atoms with van der Waals surface area (Å²) in [6.45, 7) is 5.49. The van der Waals surface area contributed by atoms with Gasteiger partial charge in [0.25, 0.3) is 0 Å². The van der Waals surface area contributed by atoms with Crippen LogP contribution in [-0.2, 0) is 9.53 Å². The van der Waals surface area contributed by atoms with Crippen molar-refractivity contribution in [3.05, 3.63) is 12.7 Å². The first-order valence-electron chi connectivity index (χ1n) is 5.68. The van der Waals surface area contributed by atoms with Crippen molar-refractivity contribution >= 4 is 5.97 Å². The van der Waals surface area contributed by atoms with Crippen LogP contribution in [0.3, 0.4) is 0 Å². The molecule has 3 heteroatoms. The number of rotatable bonds is 4. The third-order valence-electron chi connectivity index (χ3n) is 2.99. The molecule has 15 heavy (non-hydrogen) atoms. The molecule has 1 N–H and O–H groups in total. The van der Waals surface area contributed by atoms with Crippen molar-refractivity contribution in [2.24, 2.45) is 5.92 Å². The van der Waals surface area contributed by atoms with E-state index in [1.165, 1.54) is 0 Å². The molecule has 0 heterocycles. The van der Waals surface area contributed by atoms with Crippen LogP contribution in [-0.4, -0.2) is 23.3 Å². The van der Waals surface area contributed by atoms with Gasteiger partial charge in [0.05, 0.1) is 6.10 Å². The summed E-state index contributed by atoms with van der Waals surface area (Å²) in [5, 5.41) is 9.80. The summed E-state index contributed by atoms with van der Waals surface area (Å²) < 4.78 is 5.07. The highest BCUT2D eigenvalue weighted by molar-refractivity contribution is 5.81. The Morgan fingerprint density at radius 3 is 2.87 bits per heavy atom. The molecule has 3 nitrogen and oxygen atoms in total. The van der Waals surface area contributed by atoms with Crippen molar-refractivity contribution in [1.82, 2.24) is 0 Å². The number of hydrogen-bond donors (Lipinski definition) is 1. The topological polar surface area (TPSA) is 46.5 Å². The molecule has 3 atom stereocenters. The fourth-order valence-electron chi connectivity index (χ4n) is 2.21. The van der Waals surface area contributed by atoms with E-state index in [0.717, 1.165) is 38.2 Å². The van der Waals surface area contributed by atoms with Gasteiger partial charge in [-0.1, -0.05) is 26.3 Å². The van der Waals surface area contributed by atoms with E-state index in [0.29, 0.717) is 5.92 Å². The number of hydrogen-bond acceptors (Lipinski definition) is 3. The number of aliphatic hydroxyl groups excluding tert-OH is 1. The summed E-state index contributed by atoms with van der Waals surface area (Å²) in [6.07, 6.45) is 5.18. The number of ether oxygens (including phenoxy) is 1. The molecule has 86 valence electrons. The van der Waals surface area contributed by atoms with Crippen molar-refractivity contribution in [2.75, 3.05) is 0 Å². The van der Waals surface area contributed by atoms with Crippen LogP contribution < -0.4 is 0 Å². The van der Waals surface area contributed by atoms with Crippen LogP contribution in [0.25, 0.3) is 0 Å². The van der Waals surface area contributed by atoms with Crippen molar-refractivity contribution < 1.29 is 14.6 Å². The normalized spacial score (nSPS) is 30.9. The Morgan fingerprint density at radius 1 is 1.60 bits per heavy atom. The predicted octanol–water partition coefficient (Wildman–Crippen LogP) is 2.05. The van der Waals surface area contributed by atoms with Crippen molar-refractivity contribution in [2.45, 2.75) is 51.2 Å². The Kier molecular flexibility index (Phi) is 4.82. The van der Waals surface area contributed by atoms with Gasteiger partial charge < -0.3 is 9.84 Å². The monoisotopic (exact) mass is 212 g/mol. The second-order valence-electron chi connectivity index (χ2n) is 4.21. The molecule has 0 radical (unpaired) electrons. The Bertz CT molecular complexity index is 225. The van der Waals surface area contributed by atoms with Crippen molar-refractivity contribution in [1.29, 1.82) is 0 Å². The van der Waals surface area contributed by atoms with Gasteiger partial charge in [-0.3, -0.25) is 0 Å². The Morgan fingerprint density at radius 2 is 2.33 bits per heavy atom. The largest absolute Gasteiger partial charge is 0.456 e. The number of carbonyl (C=O) groups is 1. The smallest absolute Gasteiger partial charge is 0.330 e. The van der Waals surface area contributed by atoms with Crippen LogP contribution in [0, 0.1) is 5.92 Å². The van der Waals surface area contributed by atoms with Gasteiger partial charge >= 0.3 is 5.97 Å². The van der Waals surface area contributed by atoms with Crippen LogP contribution in [0.4, 0.5) is 0 Å². The molecule has 0 aromatic carbocycles. The van der Waals surface area contributed by atoms with Gasteiger partial charge in [0.1, 0.15) is 6.10 Å². The molecule has 1 saturated carbocycles. The van der Waals surface area contributed by atoms with E-state index in [4.69, 9.17) is 4.74 Å². The molecule has 1 aliphatic carbocycles. The number of esters is 1. The Labute approximate surface area is 91.1 Å². The highest BCUT2D eigenvalue weighted by atomic mass is 16.6. The number of aliphatic hydroxyl groups is 1. The molecule has 1 aliphatic rings. The summed E-state index contributed by atoms with van der Waals surface area (Å²) in [5.74, 6) is 0.150. The molecule has 0 saturated heterocycles. The first kappa shape index (κ1) is 12.2. The lowest BCUT2D eigenvalue weighted by Gasteiger charge is -2.32. The highest BCUT2D eigenvalue weighted by Gasteiger charge is 2.30. The second kappa shape index (κ2) is 5.91. The van der Waals surface area contributed by atoms with E-state index < -0.39 is 12.1 Å². The van der Waals surface area contributed by atoms with Gasteiger partial charge in [-0.15, -0.1) is 0 Å². The summed E-state index contributed by atoms with van der Waals surface area (Å²) >= 11 is 0. The van der Waals surface area contributed by atoms with Crippen LogP contribution in [0.2, 0.25) is 0 Å². The quantitative estimate of drug-likeness (QED) is 0.573. The third kappa shape index (κ3) is 3.67. The van der Waals surface area contributed by atoms with Gasteiger partial charge in [0, 0.05) is 6.08 Å². The van der Waals surface area contributed by atoms with Crippen molar-refractivity contribution in [3.63, 3.8) is 0 Å². The zero-order valence-corrected chi connectivity index (χ0v) is 9.32. The summed E-state index contributed by atoms with van der Waals surface area (Å²) in [5.41, 5.74) is 0. The fraction of sp³-hybridized carbons (Fsp3) is 0.750. The zero-order chi connectivity index (χ0) is 11.3. The van der Waals surface area contributed by atoms with Gasteiger partial charge in [0.2, 0.25) is 0 Å². The van der Waals surface area contributed by atoms with E-state index >= 15 is 0 Å². The van der Waals surface area contributed by atoms with Crippen LogP contribution in [0.15, 0.2) is 12.7 Å². The molecule has 0 aromatic rings. The molecule has 0 spiro atoms. The third-order valence-corrected chi connectivity index (χ3v) is 2.99.